The number of ether oxygens (including phenoxy) is 1. The Morgan fingerprint density at radius 1 is 1.12 bits per heavy atom. The lowest BCUT2D eigenvalue weighted by atomic mass is 10.1. The predicted molar refractivity (Wildman–Crippen MR) is 99.3 cm³/mol. The van der Waals surface area contributed by atoms with Gasteiger partial charge in [0.15, 0.2) is 0 Å². The van der Waals surface area contributed by atoms with Crippen LogP contribution in [0.4, 0.5) is 0 Å². The average Bonchev–Trinajstić information content (AvgIpc) is 2.99. The Labute approximate surface area is 152 Å². The third-order valence-electron chi connectivity index (χ3n) is 4.09. The molecular formula is C20H20N4O2. The van der Waals surface area contributed by atoms with E-state index < -0.39 is 0 Å². The topological polar surface area (TPSA) is 61.9 Å². The Bertz CT molecular complexity index is 1040. The highest BCUT2D eigenvalue weighted by Crippen LogP contribution is 2.23. The molecule has 1 aromatic heterocycles. The summed E-state index contributed by atoms with van der Waals surface area (Å²) in [6.07, 6.45) is 0.878. The first-order chi connectivity index (χ1) is 12.7. The third-order valence-corrected chi connectivity index (χ3v) is 4.09. The molecule has 0 fully saturated rings. The van der Waals surface area contributed by atoms with Crippen LogP contribution in [0, 0.1) is 11.8 Å². The van der Waals surface area contributed by atoms with E-state index in [0.717, 1.165) is 28.9 Å². The van der Waals surface area contributed by atoms with E-state index in [1.165, 1.54) is 9.36 Å². The molecule has 3 rings (SSSR count). The van der Waals surface area contributed by atoms with Crippen molar-refractivity contribution in [2.45, 2.75) is 26.9 Å². The van der Waals surface area contributed by atoms with E-state index in [2.05, 4.69) is 29.2 Å². The number of hydrogen-bond donors (Lipinski definition) is 0. The zero-order chi connectivity index (χ0) is 18.5. The van der Waals surface area contributed by atoms with Gasteiger partial charge < -0.3 is 4.74 Å². The van der Waals surface area contributed by atoms with Gasteiger partial charge in [-0.3, -0.25) is 0 Å². The maximum absolute atomic E-state index is 12.3. The van der Waals surface area contributed by atoms with Gasteiger partial charge in [0.1, 0.15) is 12.4 Å². The summed E-state index contributed by atoms with van der Waals surface area (Å²) in [5.41, 5.74) is 3.04. The van der Waals surface area contributed by atoms with Gasteiger partial charge >= 0.3 is 5.69 Å². The fourth-order valence-electron chi connectivity index (χ4n) is 2.73. The van der Waals surface area contributed by atoms with Gasteiger partial charge in [0.05, 0.1) is 5.69 Å². The van der Waals surface area contributed by atoms with Crippen molar-refractivity contribution in [2.75, 3.05) is 0 Å². The molecule has 6 heteroatoms. The first-order valence-electron chi connectivity index (χ1n) is 8.40. The Kier molecular flexibility index (Phi) is 5.18. The van der Waals surface area contributed by atoms with Crippen LogP contribution in [0.3, 0.4) is 0 Å². The number of aromatic nitrogens is 4. The molecular weight excluding hydrogens is 328 g/mol. The fourth-order valence-corrected chi connectivity index (χ4v) is 2.73. The fraction of sp³-hybridized carbons (Fsp3) is 0.250. The highest BCUT2D eigenvalue weighted by atomic mass is 16.5. The minimum absolute atomic E-state index is 0.278. The number of aryl methyl sites for hydroxylation is 2. The van der Waals surface area contributed by atoms with Gasteiger partial charge in [0.25, 0.3) is 0 Å². The molecule has 3 aromatic rings. The predicted octanol–water partition coefficient (Wildman–Crippen LogP) is 2.48. The second-order valence-corrected chi connectivity index (χ2v) is 5.73. The molecule has 0 unspecified atom stereocenters. The van der Waals surface area contributed by atoms with Crippen LogP contribution in [0.1, 0.15) is 30.5 Å². The van der Waals surface area contributed by atoms with E-state index in [1.807, 2.05) is 42.5 Å². The normalized spacial score (nSPS) is 10.3. The van der Waals surface area contributed by atoms with Gasteiger partial charge in [-0.05, 0) is 47.5 Å². The van der Waals surface area contributed by atoms with Crippen LogP contribution >= 0.6 is 0 Å². The van der Waals surface area contributed by atoms with Crippen molar-refractivity contribution in [3.63, 3.8) is 0 Å². The first kappa shape index (κ1) is 17.5. The molecule has 0 atom stereocenters. The van der Waals surface area contributed by atoms with Crippen molar-refractivity contribution in [3.05, 3.63) is 69.6 Å². The average molecular weight is 348 g/mol. The SMILES string of the molecule is CC#Cc1cccc(-n2nnn(C)c2=O)c1COc1ccccc1CC. The molecule has 0 saturated heterocycles. The zero-order valence-electron chi connectivity index (χ0n) is 15.1. The van der Waals surface area contributed by atoms with Crippen LogP contribution in [0.15, 0.2) is 47.3 Å². The van der Waals surface area contributed by atoms with Crippen LogP contribution in [0.25, 0.3) is 5.69 Å². The number of para-hydroxylation sites is 1. The number of hydrogen-bond acceptors (Lipinski definition) is 4. The number of benzene rings is 2. The molecule has 0 bridgehead atoms. The van der Waals surface area contributed by atoms with Crippen molar-refractivity contribution < 1.29 is 4.74 Å². The van der Waals surface area contributed by atoms with Gasteiger partial charge in [-0.1, -0.05) is 37.1 Å². The van der Waals surface area contributed by atoms with Gasteiger partial charge in [0.2, 0.25) is 0 Å². The van der Waals surface area contributed by atoms with E-state index in [1.54, 1.807) is 14.0 Å². The summed E-state index contributed by atoms with van der Waals surface area (Å²) in [7, 11) is 1.56. The van der Waals surface area contributed by atoms with Crippen molar-refractivity contribution in [1.29, 1.82) is 0 Å². The van der Waals surface area contributed by atoms with Gasteiger partial charge in [-0.2, -0.15) is 9.36 Å². The van der Waals surface area contributed by atoms with E-state index in [9.17, 15) is 4.79 Å². The molecule has 2 aromatic carbocycles. The number of nitrogens with zero attached hydrogens (tertiary/aromatic N) is 4. The molecule has 0 saturated carbocycles. The van der Waals surface area contributed by atoms with Crippen LogP contribution in [-0.2, 0) is 20.1 Å². The molecule has 132 valence electrons. The van der Waals surface area contributed by atoms with Crippen LogP contribution in [0.5, 0.6) is 5.75 Å². The van der Waals surface area contributed by atoms with E-state index >= 15 is 0 Å². The van der Waals surface area contributed by atoms with Gasteiger partial charge in [-0.15, -0.1) is 5.92 Å². The van der Waals surface area contributed by atoms with E-state index in [-0.39, 0.29) is 12.3 Å². The quantitative estimate of drug-likeness (QED) is 0.665. The minimum Gasteiger partial charge on any atom is -0.488 e. The van der Waals surface area contributed by atoms with Crippen molar-refractivity contribution >= 4 is 0 Å². The monoisotopic (exact) mass is 348 g/mol. The van der Waals surface area contributed by atoms with Crippen molar-refractivity contribution in [3.8, 4) is 23.3 Å². The number of rotatable bonds is 5. The lowest BCUT2D eigenvalue weighted by Gasteiger charge is -2.14. The molecule has 0 spiro atoms. The summed E-state index contributed by atoms with van der Waals surface area (Å²) in [6.45, 7) is 4.14. The maximum atomic E-state index is 12.3. The summed E-state index contributed by atoms with van der Waals surface area (Å²) >= 11 is 0. The van der Waals surface area contributed by atoms with Crippen molar-refractivity contribution in [1.82, 2.24) is 19.8 Å². The van der Waals surface area contributed by atoms with Crippen LogP contribution in [-0.4, -0.2) is 19.8 Å². The minimum atomic E-state index is -0.318. The van der Waals surface area contributed by atoms with E-state index in [0.29, 0.717) is 5.69 Å². The molecule has 6 nitrogen and oxygen atoms in total. The Morgan fingerprint density at radius 3 is 2.62 bits per heavy atom. The van der Waals surface area contributed by atoms with Gasteiger partial charge in [-0.25, -0.2) is 4.79 Å². The van der Waals surface area contributed by atoms with E-state index in [4.69, 9.17) is 4.74 Å². The zero-order valence-corrected chi connectivity index (χ0v) is 15.1. The molecule has 0 aliphatic heterocycles. The lowest BCUT2D eigenvalue weighted by molar-refractivity contribution is 0.302. The lowest BCUT2D eigenvalue weighted by Crippen LogP contribution is -2.23. The van der Waals surface area contributed by atoms with Crippen LogP contribution in [0.2, 0.25) is 0 Å². The Morgan fingerprint density at radius 2 is 1.92 bits per heavy atom. The smallest absolute Gasteiger partial charge is 0.368 e. The first-order valence-corrected chi connectivity index (χ1v) is 8.40. The molecule has 0 aliphatic rings. The Balaban J connectivity index is 2.05. The summed E-state index contributed by atoms with van der Waals surface area (Å²) in [4.78, 5) is 12.3. The summed E-state index contributed by atoms with van der Waals surface area (Å²) in [5, 5.41) is 7.74. The molecule has 0 N–H and O–H groups in total. The summed E-state index contributed by atoms with van der Waals surface area (Å²) < 4.78 is 8.53. The summed E-state index contributed by atoms with van der Waals surface area (Å²) in [6, 6.07) is 13.5. The molecule has 0 aliphatic carbocycles. The van der Waals surface area contributed by atoms with Crippen molar-refractivity contribution in [2.24, 2.45) is 7.05 Å². The highest BCUT2D eigenvalue weighted by molar-refractivity contribution is 5.52. The van der Waals surface area contributed by atoms with Gasteiger partial charge in [0, 0.05) is 18.2 Å². The van der Waals surface area contributed by atoms with Crippen LogP contribution < -0.4 is 10.4 Å². The molecule has 0 amide bonds. The standard InChI is InChI=1S/C20H20N4O2/c1-4-9-16-11-8-12-18(24-20(25)23(3)21-22-24)17(16)14-26-19-13-7-6-10-15(19)5-2/h6-8,10-13H,5,14H2,1-3H3. The summed E-state index contributed by atoms with van der Waals surface area (Å²) in [5.74, 6) is 6.81. The maximum Gasteiger partial charge on any atom is 0.368 e. The largest absolute Gasteiger partial charge is 0.488 e. The third kappa shape index (κ3) is 3.38. The molecule has 26 heavy (non-hydrogen) atoms. The highest BCUT2D eigenvalue weighted by Gasteiger charge is 2.15. The second kappa shape index (κ2) is 7.70. The molecule has 0 radical (unpaired) electrons. The Hall–Kier alpha value is -3.33. The second-order valence-electron chi connectivity index (χ2n) is 5.73. The number of tetrazole rings is 1. The molecule has 1 heterocycles.